The summed E-state index contributed by atoms with van der Waals surface area (Å²) in [6.45, 7) is 3.49. The second kappa shape index (κ2) is 8.15. The van der Waals surface area contributed by atoms with Crippen molar-refractivity contribution in [2.24, 2.45) is 0 Å². The van der Waals surface area contributed by atoms with Gasteiger partial charge in [0.25, 0.3) is 0 Å². The summed E-state index contributed by atoms with van der Waals surface area (Å²) in [5.41, 5.74) is 2.56. The number of hydrogen-bond acceptors (Lipinski definition) is 3. The Labute approximate surface area is 142 Å². The molecule has 126 valence electrons. The van der Waals surface area contributed by atoms with Crippen LogP contribution in [0.4, 0.5) is 11.4 Å². The van der Waals surface area contributed by atoms with Crippen LogP contribution in [0.15, 0.2) is 48.5 Å². The molecule has 0 aliphatic rings. The Morgan fingerprint density at radius 2 is 1.67 bits per heavy atom. The molecule has 0 aliphatic heterocycles. The highest BCUT2D eigenvalue weighted by Crippen LogP contribution is 2.17. The molecule has 0 saturated heterocycles. The molecule has 0 aromatic heterocycles. The molecule has 0 fully saturated rings. The average Bonchev–Trinajstić information content (AvgIpc) is 2.60. The zero-order chi connectivity index (χ0) is 17.5. The van der Waals surface area contributed by atoms with E-state index in [1.54, 1.807) is 31.4 Å². The summed E-state index contributed by atoms with van der Waals surface area (Å²) in [6, 6.07) is 14.7. The fraction of sp³-hybridized carbons (Fsp3) is 0.263. The summed E-state index contributed by atoms with van der Waals surface area (Å²) in [5.74, 6) is 0.286. The summed E-state index contributed by atoms with van der Waals surface area (Å²) >= 11 is 0. The number of rotatable bonds is 6. The van der Waals surface area contributed by atoms with Crippen molar-refractivity contribution < 1.29 is 14.3 Å². The number of nitrogens with one attached hydrogen (secondary N) is 1. The maximum atomic E-state index is 12.2. The third-order valence-corrected chi connectivity index (χ3v) is 3.71. The smallest absolute Gasteiger partial charge is 0.244 e. The molecule has 0 spiro atoms. The van der Waals surface area contributed by atoms with E-state index in [-0.39, 0.29) is 18.4 Å². The number of anilines is 2. The van der Waals surface area contributed by atoms with E-state index < -0.39 is 0 Å². The zero-order valence-electron chi connectivity index (χ0n) is 14.2. The van der Waals surface area contributed by atoms with E-state index in [0.29, 0.717) is 11.4 Å². The molecule has 2 amide bonds. The molecule has 2 rings (SSSR count). The van der Waals surface area contributed by atoms with Crippen LogP contribution in [-0.4, -0.2) is 25.5 Å². The van der Waals surface area contributed by atoms with Crippen molar-refractivity contribution in [1.29, 1.82) is 0 Å². The first-order valence-corrected chi connectivity index (χ1v) is 7.84. The summed E-state index contributed by atoms with van der Waals surface area (Å²) in [5, 5.41) is 2.78. The minimum atomic E-state index is -0.255. The van der Waals surface area contributed by atoms with Gasteiger partial charge in [0.15, 0.2) is 0 Å². The van der Waals surface area contributed by atoms with Gasteiger partial charge in [0.05, 0.1) is 7.11 Å². The topological polar surface area (TPSA) is 58.6 Å². The van der Waals surface area contributed by atoms with E-state index in [4.69, 9.17) is 4.74 Å². The van der Waals surface area contributed by atoms with Crippen molar-refractivity contribution in [3.63, 3.8) is 0 Å². The molecule has 5 heteroatoms. The third-order valence-electron chi connectivity index (χ3n) is 3.71. The summed E-state index contributed by atoms with van der Waals surface area (Å²) in [6.07, 6.45) is 0.929. The van der Waals surface area contributed by atoms with Crippen molar-refractivity contribution in [3.05, 3.63) is 54.1 Å². The van der Waals surface area contributed by atoms with Crippen molar-refractivity contribution in [2.75, 3.05) is 23.9 Å². The maximum absolute atomic E-state index is 12.2. The van der Waals surface area contributed by atoms with E-state index in [9.17, 15) is 9.59 Å². The number of carbonyl (C=O) groups excluding carboxylic acids is 2. The van der Waals surface area contributed by atoms with Crippen LogP contribution in [0, 0.1) is 0 Å². The van der Waals surface area contributed by atoms with E-state index >= 15 is 0 Å². The predicted octanol–water partition coefficient (Wildman–Crippen LogP) is 3.25. The van der Waals surface area contributed by atoms with Crippen LogP contribution in [0.1, 0.15) is 19.4 Å². The largest absolute Gasteiger partial charge is 0.497 e. The quantitative estimate of drug-likeness (QED) is 0.886. The van der Waals surface area contributed by atoms with E-state index in [2.05, 4.69) is 12.2 Å². The molecular formula is C19H22N2O3. The molecular weight excluding hydrogens is 304 g/mol. The molecule has 2 aromatic rings. The molecule has 0 atom stereocenters. The number of ether oxygens (including phenoxy) is 1. The molecule has 5 nitrogen and oxygen atoms in total. The number of aryl methyl sites for hydroxylation is 1. The standard InChI is InChI=1S/C19H22N2O3/c1-4-15-5-9-17(10-6-15)21(14(2)22)13-19(23)20-16-7-11-18(24-3)12-8-16/h5-12H,4,13H2,1-3H3,(H,20,23). The predicted molar refractivity (Wildman–Crippen MR) is 95.5 cm³/mol. The van der Waals surface area contributed by atoms with Gasteiger partial charge in [-0.3, -0.25) is 9.59 Å². The lowest BCUT2D eigenvalue weighted by Crippen LogP contribution is -2.36. The fourth-order valence-electron chi connectivity index (χ4n) is 2.31. The highest BCUT2D eigenvalue weighted by molar-refractivity contribution is 6.01. The van der Waals surface area contributed by atoms with Crippen LogP contribution in [0.5, 0.6) is 5.75 Å². The Morgan fingerprint density at radius 3 is 2.17 bits per heavy atom. The lowest BCUT2D eigenvalue weighted by atomic mass is 10.1. The van der Waals surface area contributed by atoms with Gasteiger partial charge in [-0.15, -0.1) is 0 Å². The van der Waals surface area contributed by atoms with Gasteiger partial charge < -0.3 is 15.0 Å². The molecule has 0 heterocycles. The highest BCUT2D eigenvalue weighted by Gasteiger charge is 2.16. The lowest BCUT2D eigenvalue weighted by molar-refractivity contribution is -0.120. The van der Waals surface area contributed by atoms with Crippen LogP contribution >= 0.6 is 0 Å². The number of nitrogens with zero attached hydrogens (tertiary/aromatic N) is 1. The summed E-state index contributed by atoms with van der Waals surface area (Å²) in [7, 11) is 1.59. The second-order valence-corrected chi connectivity index (χ2v) is 5.40. The monoisotopic (exact) mass is 326 g/mol. The number of methoxy groups -OCH3 is 1. The van der Waals surface area contributed by atoms with Gasteiger partial charge in [-0.05, 0) is 48.4 Å². The first kappa shape index (κ1) is 17.5. The Morgan fingerprint density at radius 1 is 1.04 bits per heavy atom. The summed E-state index contributed by atoms with van der Waals surface area (Å²) in [4.78, 5) is 25.6. The number of hydrogen-bond donors (Lipinski definition) is 1. The molecule has 1 N–H and O–H groups in total. The van der Waals surface area contributed by atoms with Crippen LogP contribution in [0.25, 0.3) is 0 Å². The molecule has 0 saturated carbocycles. The molecule has 0 unspecified atom stereocenters. The van der Waals surface area contributed by atoms with Gasteiger partial charge in [-0.25, -0.2) is 0 Å². The van der Waals surface area contributed by atoms with E-state index in [1.165, 1.54) is 17.4 Å². The van der Waals surface area contributed by atoms with Gasteiger partial charge in [-0.1, -0.05) is 19.1 Å². The Balaban J connectivity index is 2.05. The lowest BCUT2D eigenvalue weighted by Gasteiger charge is -2.21. The molecule has 0 radical (unpaired) electrons. The normalized spacial score (nSPS) is 10.1. The maximum Gasteiger partial charge on any atom is 0.244 e. The van der Waals surface area contributed by atoms with Crippen molar-refractivity contribution >= 4 is 23.2 Å². The first-order valence-electron chi connectivity index (χ1n) is 7.84. The minimum Gasteiger partial charge on any atom is -0.497 e. The minimum absolute atomic E-state index is 0.0349. The van der Waals surface area contributed by atoms with Crippen LogP contribution in [-0.2, 0) is 16.0 Å². The SMILES string of the molecule is CCc1ccc(N(CC(=O)Nc2ccc(OC)cc2)C(C)=O)cc1. The van der Waals surface area contributed by atoms with Crippen molar-refractivity contribution in [3.8, 4) is 5.75 Å². The van der Waals surface area contributed by atoms with E-state index in [0.717, 1.165) is 12.2 Å². The average molecular weight is 326 g/mol. The van der Waals surface area contributed by atoms with Gasteiger partial charge in [0.2, 0.25) is 11.8 Å². The molecule has 24 heavy (non-hydrogen) atoms. The first-order chi connectivity index (χ1) is 11.5. The molecule has 0 aliphatic carbocycles. The van der Waals surface area contributed by atoms with Crippen molar-refractivity contribution in [2.45, 2.75) is 20.3 Å². The molecule has 2 aromatic carbocycles. The van der Waals surface area contributed by atoms with E-state index in [1.807, 2.05) is 24.3 Å². The van der Waals surface area contributed by atoms with Crippen LogP contribution < -0.4 is 15.0 Å². The summed E-state index contributed by atoms with van der Waals surface area (Å²) < 4.78 is 5.08. The zero-order valence-corrected chi connectivity index (χ0v) is 14.2. The van der Waals surface area contributed by atoms with Crippen LogP contribution in [0.2, 0.25) is 0 Å². The number of benzene rings is 2. The fourth-order valence-corrected chi connectivity index (χ4v) is 2.31. The highest BCUT2D eigenvalue weighted by atomic mass is 16.5. The Hall–Kier alpha value is -2.82. The Kier molecular flexibility index (Phi) is 5.95. The van der Waals surface area contributed by atoms with Gasteiger partial charge in [0.1, 0.15) is 12.3 Å². The third kappa shape index (κ3) is 4.59. The second-order valence-electron chi connectivity index (χ2n) is 5.40. The Bertz CT molecular complexity index is 694. The van der Waals surface area contributed by atoms with Gasteiger partial charge in [0, 0.05) is 18.3 Å². The van der Waals surface area contributed by atoms with Gasteiger partial charge in [-0.2, -0.15) is 0 Å². The van der Waals surface area contributed by atoms with Crippen LogP contribution in [0.3, 0.4) is 0 Å². The van der Waals surface area contributed by atoms with Crippen molar-refractivity contribution in [1.82, 2.24) is 0 Å². The molecule has 0 bridgehead atoms. The number of amides is 2. The van der Waals surface area contributed by atoms with Gasteiger partial charge >= 0.3 is 0 Å². The number of carbonyl (C=O) groups is 2.